The van der Waals surface area contributed by atoms with Crippen molar-refractivity contribution in [1.29, 1.82) is 0 Å². The average molecular weight is 321 g/mol. The van der Waals surface area contributed by atoms with Crippen LogP contribution in [0.15, 0.2) is 54.7 Å². The van der Waals surface area contributed by atoms with Crippen molar-refractivity contribution in [1.82, 2.24) is 10.3 Å². The quantitative estimate of drug-likeness (QED) is 0.757. The number of hydrogen-bond donors (Lipinski definition) is 2. The molecule has 1 amide bonds. The molecule has 0 unspecified atom stereocenters. The molecule has 0 aliphatic carbocycles. The topological polar surface area (TPSA) is 63.2 Å². The molecule has 0 radical (unpaired) electrons. The average Bonchev–Trinajstić information content (AvgIpc) is 2.61. The summed E-state index contributed by atoms with van der Waals surface area (Å²) in [4.78, 5) is 16.8. The number of hydrogen-bond acceptors (Lipinski definition) is 4. The number of nitrogens with zero attached hydrogens (tertiary/aromatic N) is 1. The van der Waals surface area contributed by atoms with Gasteiger partial charge in [0.2, 0.25) is 0 Å². The molecule has 0 fully saturated rings. The third-order valence-electron chi connectivity index (χ3n) is 3.72. The number of aromatic nitrogens is 1. The smallest absolute Gasteiger partial charge is 0.257 e. The van der Waals surface area contributed by atoms with Crippen LogP contribution >= 0.6 is 0 Å². The van der Waals surface area contributed by atoms with Crippen molar-refractivity contribution in [2.45, 2.75) is 6.54 Å². The Morgan fingerprint density at radius 1 is 1.17 bits per heavy atom. The Morgan fingerprint density at radius 2 is 2.04 bits per heavy atom. The van der Waals surface area contributed by atoms with Crippen molar-refractivity contribution in [2.24, 2.45) is 0 Å². The van der Waals surface area contributed by atoms with Crippen molar-refractivity contribution >= 4 is 22.5 Å². The SMILES string of the molecule is CNCc1cccc(NC(=O)c2cnc3cc(OC)ccc3c2)c1. The summed E-state index contributed by atoms with van der Waals surface area (Å²) in [5.41, 5.74) is 3.19. The van der Waals surface area contributed by atoms with E-state index in [0.29, 0.717) is 5.56 Å². The van der Waals surface area contributed by atoms with Gasteiger partial charge in [-0.05, 0) is 42.9 Å². The highest BCUT2D eigenvalue weighted by Crippen LogP contribution is 2.20. The number of benzene rings is 2. The number of methoxy groups -OCH3 is 1. The van der Waals surface area contributed by atoms with E-state index in [1.807, 2.05) is 55.6 Å². The summed E-state index contributed by atoms with van der Waals surface area (Å²) in [6.45, 7) is 0.753. The largest absolute Gasteiger partial charge is 0.497 e. The van der Waals surface area contributed by atoms with E-state index >= 15 is 0 Å². The summed E-state index contributed by atoms with van der Waals surface area (Å²) in [6.07, 6.45) is 1.58. The standard InChI is InChI=1S/C19H19N3O2/c1-20-11-13-4-3-5-16(8-13)22-19(23)15-9-14-6-7-17(24-2)10-18(14)21-12-15/h3-10,12,20H,11H2,1-2H3,(H,22,23). The number of anilines is 1. The van der Waals surface area contributed by atoms with Gasteiger partial charge in [0, 0.05) is 29.9 Å². The van der Waals surface area contributed by atoms with Crippen LogP contribution < -0.4 is 15.4 Å². The van der Waals surface area contributed by atoms with E-state index < -0.39 is 0 Å². The molecule has 0 saturated heterocycles. The normalized spacial score (nSPS) is 10.6. The van der Waals surface area contributed by atoms with Crippen molar-refractivity contribution < 1.29 is 9.53 Å². The fourth-order valence-corrected chi connectivity index (χ4v) is 2.52. The number of carbonyl (C=O) groups excluding carboxylic acids is 1. The Kier molecular flexibility index (Phi) is 4.72. The lowest BCUT2D eigenvalue weighted by molar-refractivity contribution is 0.102. The first-order valence-electron chi connectivity index (χ1n) is 7.68. The Bertz CT molecular complexity index is 877. The molecule has 0 bridgehead atoms. The van der Waals surface area contributed by atoms with Crippen LogP contribution in [0.2, 0.25) is 0 Å². The molecule has 1 aromatic heterocycles. The molecule has 122 valence electrons. The van der Waals surface area contributed by atoms with Crippen molar-refractivity contribution in [2.75, 3.05) is 19.5 Å². The maximum absolute atomic E-state index is 12.5. The van der Waals surface area contributed by atoms with Gasteiger partial charge in [-0.15, -0.1) is 0 Å². The monoisotopic (exact) mass is 321 g/mol. The number of rotatable bonds is 5. The molecule has 2 N–H and O–H groups in total. The molecule has 24 heavy (non-hydrogen) atoms. The second-order valence-electron chi connectivity index (χ2n) is 5.47. The van der Waals surface area contributed by atoms with Crippen LogP contribution in [0.3, 0.4) is 0 Å². The highest BCUT2D eigenvalue weighted by atomic mass is 16.5. The third kappa shape index (κ3) is 3.52. The molecular formula is C19H19N3O2. The number of amides is 1. The molecule has 2 aromatic carbocycles. The number of ether oxygens (including phenoxy) is 1. The minimum absolute atomic E-state index is 0.179. The first kappa shape index (κ1) is 16.0. The second-order valence-corrected chi connectivity index (χ2v) is 5.47. The van der Waals surface area contributed by atoms with Crippen molar-refractivity contribution in [3.05, 3.63) is 65.9 Å². The van der Waals surface area contributed by atoms with Gasteiger partial charge in [-0.2, -0.15) is 0 Å². The molecule has 0 saturated carbocycles. The lowest BCUT2D eigenvalue weighted by Crippen LogP contribution is -2.13. The van der Waals surface area contributed by atoms with Crippen LogP contribution in [0.25, 0.3) is 10.9 Å². The van der Waals surface area contributed by atoms with E-state index in [4.69, 9.17) is 4.74 Å². The van der Waals surface area contributed by atoms with Gasteiger partial charge >= 0.3 is 0 Å². The minimum atomic E-state index is -0.179. The molecule has 0 aliphatic rings. The Morgan fingerprint density at radius 3 is 2.83 bits per heavy atom. The number of fused-ring (bicyclic) bond motifs is 1. The van der Waals surface area contributed by atoms with Gasteiger partial charge in [-0.3, -0.25) is 9.78 Å². The van der Waals surface area contributed by atoms with Gasteiger partial charge in [0.05, 0.1) is 18.2 Å². The van der Waals surface area contributed by atoms with Crippen LogP contribution in [0.5, 0.6) is 5.75 Å². The van der Waals surface area contributed by atoms with E-state index in [1.165, 1.54) is 0 Å². The Hall–Kier alpha value is -2.92. The predicted molar refractivity (Wildman–Crippen MR) is 95.5 cm³/mol. The third-order valence-corrected chi connectivity index (χ3v) is 3.72. The molecule has 5 heteroatoms. The molecule has 3 aromatic rings. The molecule has 1 heterocycles. The Balaban J connectivity index is 1.82. The molecule has 5 nitrogen and oxygen atoms in total. The van der Waals surface area contributed by atoms with E-state index in [9.17, 15) is 4.79 Å². The maximum atomic E-state index is 12.5. The van der Waals surface area contributed by atoms with Crippen molar-refractivity contribution in [3.63, 3.8) is 0 Å². The van der Waals surface area contributed by atoms with Gasteiger partial charge in [0.1, 0.15) is 5.75 Å². The fraction of sp³-hybridized carbons (Fsp3) is 0.158. The molecule has 3 rings (SSSR count). The van der Waals surface area contributed by atoms with E-state index in [-0.39, 0.29) is 5.91 Å². The molecular weight excluding hydrogens is 302 g/mol. The molecule has 0 aliphatic heterocycles. The Labute approximate surface area is 140 Å². The summed E-state index contributed by atoms with van der Waals surface area (Å²) in [5, 5.41) is 6.90. The lowest BCUT2D eigenvalue weighted by atomic mass is 10.1. The van der Waals surface area contributed by atoms with Crippen LogP contribution in [0.1, 0.15) is 15.9 Å². The molecule has 0 atom stereocenters. The zero-order valence-electron chi connectivity index (χ0n) is 13.7. The predicted octanol–water partition coefficient (Wildman–Crippen LogP) is 3.22. The molecule has 0 spiro atoms. The van der Waals surface area contributed by atoms with Crippen LogP contribution in [0.4, 0.5) is 5.69 Å². The summed E-state index contributed by atoms with van der Waals surface area (Å²) in [5.74, 6) is 0.565. The summed E-state index contributed by atoms with van der Waals surface area (Å²) in [6, 6.07) is 15.2. The van der Waals surface area contributed by atoms with Gasteiger partial charge in [-0.25, -0.2) is 0 Å². The second kappa shape index (κ2) is 7.10. The van der Waals surface area contributed by atoms with Gasteiger partial charge in [-0.1, -0.05) is 12.1 Å². The first-order chi connectivity index (χ1) is 11.7. The van der Waals surface area contributed by atoms with Gasteiger partial charge < -0.3 is 15.4 Å². The minimum Gasteiger partial charge on any atom is -0.497 e. The van der Waals surface area contributed by atoms with Crippen LogP contribution in [0, 0.1) is 0 Å². The first-order valence-corrected chi connectivity index (χ1v) is 7.68. The zero-order valence-corrected chi connectivity index (χ0v) is 13.7. The van der Waals surface area contributed by atoms with E-state index in [2.05, 4.69) is 15.6 Å². The van der Waals surface area contributed by atoms with Gasteiger partial charge in [0.15, 0.2) is 0 Å². The number of pyridine rings is 1. The zero-order chi connectivity index (χ0) is 16.9. The van der Waals surface area contributed by atoms with Crippen LogP contribution in [-0.4, -0.2) is 25.0 Å². The highest BCUT2D eigenvalue weighted by molar-refractivity contribution is 6.05. The highest BCUT2D eigenvalue weighted by Gasteiger charge is 2.09. The lowest BCUT2D eigenvalue weighted by Gasteiger charge is -2.08. The summed E-state index contributed by atoms with van der Waals surface area (Å²) in [7, 11) is 3.51. The maximum Gasteiger partial charge on any atom is 0.257 e. The van der Waals surface area contributed by atoms with Gasteiger partial charge in [0.25, 0.3) is 5.91 Å². The number of nitrogens with one attached hydrogen (secondary N) is 2. The summed E-state index contributed by atoms with van der Waals surface area (Å²) < 4.78 is 5.19. The summed E-state index contributed by atoms with van der Waals surface area (Å²) >= 11 is 0. The fourth-order valence-electron chi connectivity index (χ4n) is 2.52. The van der Waals surface area contributed by atoms with Crippen LogP contribution in [-0.2, 0) is 6.54 Å². The van der Waals surface area contributed by atoms with E-state index in [1.54, 1.807) is 13.3 Å². The number of carbonyl (C=O) groups is 1. The van der Waals surface area contributed by atoms with E-state index in [0.717, 1.165) is 34.4 Å². The van der Waals surface area contributed by atoms with Crippen molar-refractivity contribution in [3.8, 4) is 5.75 Å².